The van der Waals surface area contributed by atoms with E-state index in [1.54, 1.807) is 17.9 Å². The first-order valence-electron chi connectivity index (χ1n) is 10.5. The lowest BCUT2D eigenvalue weighted by molar-refractivity contribution is -0.137. The van der Waals surface area contributed by atoms with Gasteiger partial charge in [0.2, 0.25) is 0 Å². The van der Waals surface area contributed by atoms with E-state index in [0.717, 1.165) is 42.4 Å². The third-order valence-corrected chi connectivity index (χ3v) is 6.37. The fourth-order valence-corrected chi connectivity index (χ4v) is 4.43. The normalized spacial score (nSPS) is 21.0. The Morgan fingerprint density at radius 2 is 2.12 bits per heavy atom. The second-order valence-corrected chi connectivity index (χ2v) is 8.37. The molecule has 1 saturated heterocycles. The molecular formula is C22H29F3IN5O. The van der Waals surface area contributed by atoms with Crippen LogP contribution in [0.5, 0.6) is 0 Å². The number of aromatic nitrogens is 2. The number of halogens is 4. The number of morpholine rings is 1. The molecule has 0 radical (unpaired) electrons. The highest BCUT2D eigenvalue weighted by molar-refractivity contribution is 14.0. The number of benzene rings is 1. The number of rotatable bonds is 4. The molecule has 0 amide bonds. The van der Waals surface area contributed by atoms with Crippen LogP contribution in [-0.4, -0.2) is 53.9 Å². The molecule has 1 saturated carbocycles. The molecule has 2 fully saturated rings. The van der Waals surface area contributed by atoms with Crippen LogP contribution in [-0.2, 0) is 23.4 Å². The molecule has 10 heteroatoms. The molecule has 4 rings (SSSR count). The number of alkyl halides is 3. The highest BCUT2D eigenvalue weighted by Gasteiger charge is 2.41. The molecule has 2 aliphatic rings. The molecule has 1 aromatic carbocycles. The average Bonchev–Trinajstić information content (AvgIpc) is 3.16. The number of nitrogens with one attached hydrogen (secondary N) is 1. The summed E-state index contributed by atoms with van der Waals surface area (Å²) in [6.45, 7) is 2.46. The summed E-state index contributed by atoms with van der Waals surface area (Å²) in [6, 6.07) is 5.75. The molecule has 2 aromatic rings. The summed E-state index contributed by atoms with van der Waals surface area (Å²) in [5, 5.41) is 7.65. The Hall–Kier alpha value is -1.82. The Kier molecular flexibility index (Phi) is 7.74. The van der Waals surface area contributed by atoms with Crippen LogP contribution in [0.3, 0.4) is 0 Å². The van der Waals surface area contributed by atoms with E-state index in [2.05, 4.69) is 20.3 Å². The Bertz CT molecular complexity index is 942. The third-order valence-electron chi connectivity index (χ3n) is 6.37. The smallest absolute Gasteiger partial charge is 0.370 e. The minimum Gasteiger partial charge on any atom is -0.370 e. The second-order valence-electron chi connectivity index (χ2n) is 8.37. The Balaban J connectivity index is 0.00000289. The van der Waals surface area contributed by atoms with Crippen molar-refractivity contribution in [3.63, 3.8) is 0 Å². The maximum absolute atomic E-state index is 13.2. The van der Waals surface area contributed by atoms with E-state index >= 15 is 0 Å². The van der Waals surface area contributed by atoms with Crippen molar-refractivity contribution in [1.82, 2.24) is 20.0 Å². The van der Waals surface area contributed by atoms with Crippen LogP contribution in [0.4, 0.5) is 13.2 Å². The quantitative estimate of drug-likeness (QED) is 0.346. The monoisotopic (exact) mass is 563 g/mol. The molecular weight excluding hydrogens is 534 g/mol. The van der Waals surface area contributed by atoms with Gasteiger partial charge in [0, 0.05) is 44.4 Å². The van der Waals surface area contributed by atoms with Gasteiger partial charge in [0.1, 0.15) is 6.10 Å². The van der Waals surface area contributed by atoms with Crippen molar-refractivity contribution in [2.75, 3.05) is 33.3 Å². The molecule has 1 N–H and O–H groups in total. The Labute approximate surface area is 203 Å². The first kappa shape index (κ1) is 24.8. The SMILES string of the molecule is CN=C(NCC1(c2cccc(C(F)(F)F)c2)CCC1)N1CCOC(c2cnn(C)c2)C1.I. The zero-order valence-electron chi connectivity index (χ0n) is 18.2. The van der Waals surface area contributed by atoms with Gasteiger partial charge in [0.25, 0.3) is 0 Å². The van der Waals surface area contributed by atoms with Crippen molar-refractivity contribution >= 4 is 29.9 Å². The molecule has 0 bridgehead atoms. The summed E-state index contributed by atoms with van der Waals surface area (Å²) in [5.74, 6) is 0.746. The van der Waals surface area contributed by atoms with Gasteiger partial charge < -0.3 is 15.0 Å². The molecule has 1 aliphatic heterocycles. The number of aliphatic imine (C=N–C) groups is 1. The lowest BCUT2D eigenvalue weighted by Gasteiger charge is -2.44. The van der Waals surface area contributed by atoms with Crippen LogP contribution in [0.15, 0.2) is 41.7 Å². The van der Waals surface area contributed by atoms with Gasteiger partial charge in [0.05, 0.1) is 24.9 Å². The van der Waals surface area contributed by atoms with Crippen LogP contribution >= 0.6 is 24.0 Å². The second kappa shape index (κ2) is 9.98. The molecule has 6 nitrogen and oxygen atoms in total. The summed E-state index contributed by atoms with van der Waals surface area (Å²) in [7, 11) is 3.60. The van der Waals surface area contributed by atoms with Gasteiger partial charge in [-0.15, -0.1) is 24.0 Å². The lowest BCUT2D eigenvalue weighted by atomic mass is 9.64. The number of nitrogens with zero attached hydrogens (tertiary/aromatic N) is 4. The predicted octanol–water partition coefficient (Wildman–Crippen LogP) is 4.13. The van der Waals surface area contributed by atoms with Gasteiger partial charge in [-0.1, -0.05) is 24.6 Å². The first-order chi connectivity index (χ1) is 14.8. The number of guanidine groups is 1. The number of hydrogen-bond donors (Lipinski definition) is 1. The average molecular weight is 563 g/mol. The topological polar surface area (TPSA) is 54.7 Å². The van der Waals surface area contributed by atoms with Crippen molar-refractivity contribution in [2.24, 2.45) is 12.0 Å². The highest BCUT2D eigenvalue weighted by Crippen LogP contribution is 2.44. The minimum atomic E-state index is -4.33. The van der Waals surface area contributed by atoms with Crippen molar-refractivity contribution in [2.45, 2.75) is 37.0 Å². The fraction of sp³-hybridized carbons (Fsp3) is 0.545. The molecule has 2 heterocycles. The van der Waals surface area contributed by atoms with Crippen LogP contribution in [0.1, 0.15) is 42.1 Å². The summed E-state index contributed by atoms with van der Waals surface area (Å²) in [6.07, 6.45) is 2.06. The molecule has 1 aliphatic carbocycles. The summed E-state index contributed by atoms with van der Waals surface area (Å²) < 4.78 is 47.3. The van der Waals surface area contributed by atoms with E-state index in [-0.39, 0.29) is 35.5 Å². The van der Waals surface area contributed by atoms with Crippen molar-refractivity contribution in [3.8, 4) is 0 Å². The van der Waals surface area contributed by atoms with Gasteiger partial charge in [0.15, 0.2) is 5.96 Å². The third kappa shape index (κ3) is 5.22. The first-order valence-corrected chi connectivity index (χ1v) is 10.5. The van der Waals surface area contributed by atoms with Crippen molar-refractivity contribution in [1.29, 1.82) is 0 Å². The maximum Gasteiger partial charge on any atom is 0.416 e. The van der Waals surface area contributed by atoms with E-state index in [4.69, 9.17) is 4.74 Å². The molecule has 1 unspecified atom stereocenters. The summed E-state index contributed by atoms with van der Waals surface area (Å²) in [4.78, 5) is 6.57. The maximum atomic E-state index is 13.2. The van der Waals surface area contributed by atoms with Crippen LogP contribution in [0, 0.1) is 0 Å². The fourth-order valence-electron chi connectivity index (χ4n) is 4.43. The van der Waals surface area contributed by atoms with Gasteiger partial charge in [-0.3, -0.25) is 9.67 Å². The summed E-state index contributed by atoms with van der Waals surface area (Å²) in [5.41, 5.74) is 0.869. The lowest BCUT2D eigenvalue weighted by Crippen LogP contribution is -2.52. The zero-order chi connectivity index (χ0) is 22.1. The molecule has 176 valence electrons. The standard InChI is InChI=1S/C22H28F3N5O.HI/c1-26-20(30-9-10-31-19(14-30)16-12-28-29(2)13-16)27-15-21(7-4-8-21)17-5-3-6-18(11-17)22(23,24)25;/h3,5-6,11-13,19H,4,7-10,14-15H2,1-2H3,(H,26,27);1H. The van der Waals surface area contributed by atoms with Crippen LogP contribution < -0.4 is 5.32 Å². The summed E-state index contributed by atoms with van der Waals surface area (Å²) >= 11 is 0. The van der Waals surface area contributed by atoms with Gasteiger partial charge in [-0.25, -0.2) is 0 Å². The Morgan fingerprint density at radius 3 is 2.72 bits per heavy atom. The molecule has 1 atom stereocenters. The molecule has 32 heavy (non-hydrogen) atoms. The van der Waals surface area contributed by atoms with E-state index < -0.39 is 11.7 Å². The number of aryl methyl sites for hydroxylation is 1. The van der Waals surface area contributed by atoms with Crippen molar-refractivity contribution < 1.29 is 17.9 Å². The number of ether oxygens (including phenoxy) is 1. The largest absolute Gasteiger partial charge is 0.416 e. The molecule has 0 spiro atoms. The van der Waals surface area contributed by atoms with Crippen LogP contribution in [0.25, 0.3) is 0 Å². The van der Waals surface area contributed by atoms with E-state index in [1.807, 2.05) is 19.3 Å². The highest BCUT2D eigenvalue weighted by atomic mass is 127. The zero-order valence-corrected chi connectivity index (χ0v) is 20.6. The predicted molar refractivity (Wildman–Crippen MR) is 127 cm³/mol. The van der Waals surface area contributed by atoms with Crippen LogP contribution in [0.2, 0.25) is 0 Å². The Morgan fingerprint density at radius 1 is 1.34 bits per heavy atom. The molecule has 1 aromatic heterocycles. The number of hydrogen-bond acceptors (Lipinski definition) is 3. The van der Waals surface area contributed by atoms with E-state index in [1.165, 1.54) is 12.1 Å². The van der Waals surface area contributed by atoms with E-state index in [0.29, 0.717) is 26.2 Å². The minimum absolute atomic E-state index is 0. The van der Waals surface area contributed by atoms with E-state index in [9.17, 15) is 13.2 Å². The van der Waals surface area contributed by atoms with Crippen molar-refractivity contribution in [3.05, 3.63) is 53.3 Å². The van der Waals surface area contributed by atoms with Gasteiger partial charge in [-0.05, 0) is 24.5 Å². The van der Waals surface area contributed by atoms with Gasteiger partial charge in [-0.2, -0.15) is 18.3 Å². The van der Waals surface area contributed by atoms with Gasteiger partial charge >= 0.3 is 6.18 Å².